The summed E-state index contributed by atoms with van der Waals surface area (Å²) < 4.78 is 5.53. The maximum Gasteiger partial charge on any atom is 0.119 e. The van der Waals surface area contributed by atoms with Crippen LogP contribution in [0.4, 0.5) is 5.69 Å². The van der Waals surface area contributed by atoms with Crippen LogP contribution in [0, 0.1) is 6.92 Å². The molecule has 4 nitrogen and oxygen atoms in total. The first-order valence-electron chi connectivity index (χ1n) is 6.25. The van der Waals surface area contributed by atoms with Gasteiger partial charge < -0.3 is 15.0 Å². The quantitative estimate of drug-likeness (QED) is 0.822. The molecule has 1 aromatic carbocycles. The third-order valence-corrected chi connectivity index (χ3v) is 2.57. The van der Waals surface area contributed by atoms with Crippen molar-refractivity contribution in [1.29, 1.82) is 0 Å². The minimum atomic E-state index is 0.746. The Hall–Kier alpha value is -1.97. The first-order chi connectivity index (χ1) is 8.78. The zero-order chi connectivity index (χ0) is 12.8. The van der Waals surface area contributed by atoms with E-state index in [0.717, 1.165) is 42.5 Å². The highest BCUT2D eigenvalue weighted by Gasteiger charge is 1.98. The van der Waals surface area contributed by atoms with Gasteiger partial charge >= 0.3 is 0 Å². The van der Waals surface area contributed by atoms with E-state index in [1.165, 1.54) is 0 Å². The van der Waals surface area contributed by atoms with Crippen molar-refractivity contribution < 1.29 is 4.74 Å². The SMILES string of the molecule is CCCOc1ccc(NCc2cnc(C)[nH]2)cc1. The van der Waals surface area contributed by atoms with E-state index in [0.29, 0.717) is 0 Å². The number of hydrogen-bond acceptors (Lipinski definition) is 3. The number of hydrogen-bond donors (Lipinski definition) is 2. The molecule has 0 atom stereocenters. The number of ether oxygens (including phenoxy) is 1. The van der Waals surface area contributed by atoms with Crippen LogP contribution in [0.15, 0.2) is 30.5 Å². The Kier molecular flexibility index (Phi) is 4.23. The fraction of sp³-hybridized carbons (Fsp3) is 0.357. The lowest BCUT2D eigenvalue weighted by Crippen LogP contribution is -2.00. The van der Waals surface area contributed by atoms with Gasteiger partial charge in [-0.25, -0.2) is 4.98 Å². The van der Waals surface area contributed by atoms with Crippen molar-refractivity contribution in [3.05, 3.63) is 42.0 Å². The molecular formula is C14H19N3O. The van der Waals surface area contributed by atoms with Gasteiger partial charge in [-0.3, -0.25) is 0 Å². The van der Waals surface area contributed by atoms with Gasteiger partial charge in [-0.15, -0.1) is 0 Å². The van der Waals surface area contributed by atoms with Crippen molar-refractivity contribution in [3.8, 4) is 5.75 Å². The molecule has 0 spiro atoms. The number of aryl methyl sites for hydroxylation is 1. The lowest BCUT2D eigenvalue weighted by Gasteiger charge is -2.07. The van der Waals surface area contributed by atoms with Crippen LogP contribution in [0.2, 0.25) is 0 Å². The fourth-order valence-electron chi connectivity index (χ4n) is 1.65. The van der Waals surface area contributed by atoms with Crippen LogP contribution in [-0.4, -0.2) is 16.6 Å². The molecule has 0 saturated heterocycles. The van der Waals surface area contributed by atoms with E-state index in [1.54, 1.807) is 0 Å². The number of H-pyrrole nitrogens is 1. The van der Waals surface area contributed by atoms with Gasteiger partial charge in [-0.2, -0.15) is 0 Å². The normalized spacial score (nSPS) is 10.3. The van der Waals surface area contributed by atoms with Crippen molar-refractivity contribution in [2.75, 3.05) is 11.9 Å². The monoisotopic (exact) mass is 245 g/mol. The molecule has 18 heavy (non-hydrogen) atoms. The van der Waals surface area contributed by atoms with Crippen molar-refractivity contribution in [3.63, 3.8) is 0 Å². The zero-order valence-corrected chi connectivity index (χ0v) is 10.9. The molecule has 0 aliphatic rings. The molecule has 0 bridgehead atoms. The van der Waals surface area contributed by atoms with Crippen molar-refractivity contribution >= 4 is 5.69 Å². The van der Waals surface area contributed by atoms with E-state index in [-0.39, 0.29) is 0 Å². The Morgan fingerprint density at radius 1 is 1.28 bits per heavy atom. The van der Waals surface area contributed by atoms with Crippen LogP contribution in [0.25, 0.3) is 0 Å². The molecule has 0 aliphatic carbocycles. The number of rotatable bonds is 6. The second kappa shape index (κ2) is 6.10. The maximum absolute atomic E-state index is 5.53. The molecule has 0 saturated carbocycles. The molecule has 2 N–H and O–H groups in total. The van der Waals surface area contributed by atoms with Gasteiger partial charge in [-0.1, -0.05) is 6.92 Å². The number of aromatic amines is 1. The molecule has 0 amide bonds. The number of anilines is 1. The first kappa shape index (κ1) is 12.5. The highest BCUT2D eigenvalue weighted by atomic mass is 16.5. The molecule has 0 aliphatic heterocycles. The molecule has 4 heteroatoms. The number of imidazole rings is 1. The summed E-state index contributed by atoms with van der Waals surface area (Å²) in [4.78, 5) is 7.35. The summed E-state index contributed by atoms with van der Waals surface area (Å²) >= 11 is 0. The summed E-state index contributed by atoms with van der Waals surface area (Å²) in [7, 11) is 0. The average Bonchev–Trinajstić information content (AvgIpc) is 2.81. The van der Waals surface area contributed by atoms with E-state index in [9.17, 15) is 0 Å². The van der Waals surface area contributed by atoms with E-state index < -0.39 is 0 Å². The Balaban J connectivity index is 1.86. The van der Waals surface area contributed by atoms with Gasteiger partial charge in [0, 0.05) is 5.69 Å². The van der Waals surface area contributed by atoms with E-state index in [4.69, 9.17) is 4.74 Å². The summed E-state index contributed by atoms with van der Waals surface area (Å²) in [5.74, 6) is 1.86. The van der Waals surface area contributed by atoms with Crippen LogP contribution in [-0.2, 0) is 6.54 Å². The molecule has 1 aromatic heterocycles. The number of nitrogens with zero attached hydrogens (tertiary/aromatic N) is 1. The Labute approximate surface area is 107 Å². The van der Waals surface area contributed by atoms with Gasteiger partial charge in [0.25, 0.3) is 0 Å². The predicted octanol–water partition coefficient (Wildman–Crippen LogP) is 3.12. The lowest BCUT2D eigenvalue weighted by molar-refractivity contribution is 0.317. The highest BCUT2D eigenvalue weighted by molar-refractivity contribution is 5.46. The molecular weight excluding hydrogens is 226 g/mol. The first-order valence-corrected chi connectivity index (χ1v) is 6.25. The van der Waals surface area contributed by atoms with Crippen LogP contribution in [0.3, 0.4) is 0 Å². The van der Waals surface area contributed by atoms with Crippen molar-refractivity contribution in [2.24, 2.45) is 0 Å². The van der Waals surface area contributed by atoms with Crippen LogP contribution >= 0.6 is 0 Å². The van der Waals surface area contributed by atoms with Crippen LogP contribution in [0.5, 0.6) is 5.75 Å². The Morgan fingerprint density at radius 2 is 2.06 bits per heavy atom. The molecule has 0 fully saturated rings. The molecule has 2 rings (SSSR count). The van der Waals surface area contributed by atoms with Crippen LogP contribution < -0.4 is 10.1 Å². The highest BCUT2D eigenvalue weighted by Crippen LogP contribution is 2.16. The predicted molar refractivity (Wildman–Crippen MR) is 72.9 cm³/mol. The Morgan fingerprint density at radius 3 is 2.67 bits per heavy atom. The summed E-state index contributed by atoms with van der Waals surface area (Å²) in [6.45, 7) is 5.56. The third kappa shape index (κ3) is 3.52. The maximum atomic E-state index is 5.53. The molecule has 2 aromatic rings. The second-order valence-electron chi connectivity index (χ2n) is 4.22. The average molecular weight is 245 g/mol. The van der Waals surface area contributed by atoms with Crippen molar-refractivity contribution in [2.45, 2.75) is 26.8 Å². The second-order valence-corrected chi connectivity index (χ2v) is 4.22. The van der Waals surface area contributed by atoms with Gasteiger partial charge in [-0.05, 0) is 37.6 Å². The summed E-state index contributed by atoms with van der Waals surface area (Å²) in [5.41, 5.74) is 2.16. The molecule has 0 radical (unpaired) electrons. The standard InChI is InChI=1S/C14H19N3O/c1-3-8-18-14-6-4-12(5-7-14)16-10-13-9-15-11(2)17-13/h4-7,9,16H,3,8,10H2,1-2H3,(H,15,17). The zero-order valence-electron chi connectivity index (χ0n) is 10.9. The van der Waals surface area contributed by atoms with E-state index in [1.807, 2.05) is 37.4 Å². The summed E-state index contributed by atoms with van der Waals surface area (Å²) in [6.07, 6.45) is 2.88. The fourth-order valence-corrected chi connectivity index (χ4v) is 1.65. The van der Waals surface area contributed by atoms with Gasteiger partial charge in [0.1, 0.15) is 11.6 Å². The number of benzene rings is 1. The van der Waals surface area contributed by atoms with Gasteiger partial charge in [0.05, 0.1) is 25.0 Å². The smallest absolute Gasteiger partial charge is 0.119 e. The molecule has 96 valence electrons. The third-order valence-electron chi connectivity index (χ3n) is 2.57. The number of aromatic nitrogens is 2. The molecule has 0 unspecified atom stereocenters. The minimum Gasteiger partial charge on any atom is -0.494 e. The Bertz CT molecular complexity index is 476. The topological polar surface area (TPSA) is 49.9 Å². The van der Waals surface area contributed by atoms with Gasteiger partial charge in [0.15, 0.2) is 0 Å². The summed E-state index contributed by atoms with van der Waals surface area (Å²) in [5, 5.41) is 3.33. The van der Waals surface area contributed by atoms with E-state index in [2.05, 4.69) is 22.2 Å². The van der Waals surface area contributed by atoms with Crippen molar-refractivity contribution in [1.82, 2.24) is 9.97 Å². The largest absolute Gasteiger partial charge is 0.494 e. The number of nitrogens with one attached hydrogen (secondary N) is 2. The van der Waals surface area contributed by atoms with Crippen LogP contribution in [0.1, 0.15) is 24.9 Å². The molecule has 1 heterocycles. The lowest BCUT2D eigenvalue weighted by atomic mass is 10.3. The van der Waals surface area contributed by atoms with Gasteiger partial charge in [0.2, 0.25) is 0 Å². The summed E-state index contributed by atoms with van der Waals surface area (Å²) in [6, 6.07) is 8.01. The van der Waals surface area contributed by atoms with E-state index >= 15 is 0 Å². The minimum absolute atomic E-state index is 0.746.